The number of aromatic nitrogens is 2. The molecule has 0 fully saturated rings. The van der Waals surface area contributed by atoms with Gasteiger partial charge in [-0.1, -0.05) is 24.3 Å². The van der Waals surface area contributed by atoms with Crippen LogP contribution in [0.15, 0.2) is 29.1 Å². The highest BCUT2D eigenvalue weighted by Crippen LogP contribution is 2.32. The van der Waals surface area contributed by atoms with Gasteiger partial charge >= 0.3 is 0 Å². The Hall–Kier alpha value is -2.49. The van der Waals surface area contributed by atoms with Crippen LogP contribution < -0.4 is 5.56 Å². The number of hydrogen-bond donors (Lipinski definition) is 1. The zero-order chi connectivity index (χ0) is 18.7. The van der Waals surface area contributed by atoms with E-state index in [9.17, 15) is 15.2 Å². The van der Waals surface area contributed by atoms with Gasteiger partial charge in [0.2, 0.25) is 0 Å². The van der Waals surface area contributed by atoms with E-state index in [-0.39, 0.29) is 24.8 Å². The molecule has 0 saturated heterocycles. The first-order chi connectivity index (χ1) is 12.5. The highest BCUT2D eigenvalue weighted by molar-refractivity contribution is 5.36. The maximum Gasteiger partial charge on any atom is 0.285 e. The van der Waals surface area contributed by atoms with Crippen LogP contribution in [0.5, 0.6) is 0 Å². The Morgan fingerprint density at radius 2 is 2.19 bits per heavy atom. The van der Waals surface area contributed by atoms with E-state index in [4.69, 9.17) is 4.74 Å². The first kappa shape index (κ1) is 18.3. The molecule has 0 unspecified atom stereocenters. The number of fused-ring (bicyclic) bond motifs is 1. The quantitative estimate of drug-likeness (QED) is 0.890. The monoisotopic (exact) mass is 353 g/mol. The molecule has 1 aliphatic rings. The van der Waals surface area contributed by atoms with Gasteiger partial charge in [-0.15, -0.1) is 0 Å². The number of nitriles is 1. The van der Waals surface area contributed by atoms with Crippen LogP contribution in [-0.2, 0) is 17.7 Å². The van der Waals surface area contributed by atoms with E-state index in [0.717, 1.165) is 23.9 Å². The molecule has 1 N–H and O–H groups in total. The first-order valence-corrected chi connectivity index (χ1v) is 8.87. The van der Waals surface area contributed by atoms with Crippen molar-refractivity contribution < 1.29 is 9.84 Å². The van der Waals surface area contributed by atoms with Gasteiger partial charge in [0.25, 0.3) is 5.56 Å². The Balaban J connectivity index is 1.68. The molecular formula is C20H23N3O3. The molecule has 26 heavy (non-hydrogen) atoms. The third-order valence-corrected chi connectivity index (χ3v) is 4.94. The lowest BCUT2D eigenvalue weighted by atomic mass is 9.89. The van der Waals surface area contributed by atoms with Gasteiger partial charge in [-0.2, -0.15) is 10.4 Å². The minimum Gasteiger partial charge on any atom is -0.389 e. The van der Waals surface area contributed by atoms with Crippen molar-refractivity contribution in [2.45, 2.75) is 51.9 Å². The molecule has 3 rings (SSSR count). The van der Waals surface area contributed by atoms with Crippen LogP contribution in [0.1, 0.15) is 46.9 Å². The number of benzene rings is 1. The number of ether oxygens (including phenoxy) is 1. The fourth-order valence-electron chi connectivity index (χ4n) is 3.39. The fourth-order valence-corrected chi connectivity index (χ4v) is 3.39. The molecule has 1 aromatic carbocycles. The topological polar surface area (TPSA) is 88.1 Å². The van der Waals surface area contributed by atoms with E-state index in [1.165, 1.54) is 11.1 Å². The minimum atomic E-state index is -0.872. The summed E-state index contributed by atoms with van der Waals surface area (Å²) in [7, 11) is 0. The minimum absolute atomic E-state index is 0.00298. The maximum absolute atomic E-state index is 12.3. The van der Waals surface area contributed by atoms with Gasteiger partial charge in [0.1, 0.15) is 11.6 Å². The smallest absolute Gasteiger partial charge is 0.285 e. The summed E-state index contributed by atoms with van der Waals surface area (Å²) >= 11 is 0. The second kappa shape index (κ2) is 7.81. The molecular weight excluding hydrogens is 330 g/mol. The number of aliphatic hydroxyl groups excluding tert-OH is 1. The summed E-state index contributed by atoms with van der Waals surface area (Å²) in [4.78, 5) is 12.3. The van der Waals surface area contributed by atoms with Crippen molar-refractivity contribution in [2.75, 3.05) is 6.61 Å². The molecule has 0 bridgehead atoms. The van der Waals surface area contributed by atoms with Gasteiger partial charge in [-0.25, -0.2) is 4.68 Å². The van der Waals surface area contributed by atoms with Gasteiger partial charge in [0.15, 0.2) is 0 Å². The SMILES string of the molecule is Cc1nn(C[C@@H](O)CO[C@@H]2CCCc3ccccc32)c(=O)c(C#N)c1C. The lowest BCUT2D eigenvalue weighted by molar-refractivity contribution is -0.0240. The van der Waals surface area contributed by atoms with Crippen molar-refractivity contribution in [3.05, 3.63) is 62.6 Å². The van der Waals surface area contributed by atoms with Crippen molar-refractivity contribution in [3.63, 3.8) is 0 Å². The summed E-state index contributed by atoms with van der Waals surface area (Å²) in [5, 5.41) is 23.7. The van der Waals surface area contributed by atoms with Crippen LogP contribution in [0.3, 0.4) is 0 Å². The molecule has 2 atom stereocenters. The van der Waals surface area contributed by atoms with Gasteiger partial charge in [0.05, 0.1) is 31.1 Å². The third kappa shape index (κ3) is 3.69. The molecule has 6 heteroatoms. The molecule has 136 valence electrons. The van der Waals surface area contributed by atoms with E-state index in [1.807, 2.05) is 18.2 Å². The summed E-state index contributed by atoms with van der Waals surface area (Å²) < 4.78 is 7.09. The van der Waals surface area contributed by atoms with E-state index in [1.54, 1.807) is 13.8 Å². The summed E-state index contributed by atoms with van der Waals surface area (Å²) in [5.41, 5.74) is 3.27. The molecule has 0 aliphatic heterocycles. The standard InChI is InChI=1S/C20H23N3O3/c1-13-14(2)22-23(20(25)18(13)10-21)11-16(24)12-26-19-9-5-7-15-6-3-4-8-17(15)19/h3-4,6,8,16,19,24H,5,7,9,11-12H2,1-2H3/t16-,19-/m1/s1. The molecule has 1 aromatic heterocycles. The molecule has 6 nitrogen and oxygen atoms in total. The average molecular weight is 353 g/mol. The van der Waals surface area contributed by atoms with E-state index >= 15 is 0 Å². The first-order valence-electron chi connectivity index (χ1n) is 8.87. The van der Waals surface area contributed by atoms with E-state index < -0.39 is 11.7 Å². The number of hydrogen-bond acceptors (Lipinski definition) is 5. The van der Waals surface area contributed by atoms with Crippen molar-refractivity contribution in [3.8, 4) is 6.07 Å². The second-order valence-corrected chi connectivity index (χ2v) is 6.75. The molecule has 2 aromatic rings. The number of aryl methyl sites for hydroxylation is 2. The van der Waals surface area contributed by atoms with Crippen LogP contribution in [0.25, 0.3) is 0 Å². The molecule has 1 aliphatic carbocycles. The molecule has 1 heterocycles. The summed E-state index contributed by atoms with van der Waals surface area (Å²) in [6.45, 7) is 3.56. The van der Waals surface area contributed by atoms with Gasteiger partial charge in [-0.3, -0.25) is 4.79 Å². The van der Waals surface area contributed by atoms with Gasteiger partial charge in [-0.05, 0) is 49.8 Å². The predicted octanol–water partition coefficient (Wildman–Crippen LogP) is 2.19. The van der Waals surface area contributed by atoms with E-state index in [2.05, 4.69) is 17.2 Å². The molecule has 0 spiro atoms. The van der Waals surface area contributed by atoms with E-state index in [0.29, 0.717) is 11.3 Å². The molecule has 0 saturated carbocycles. The normalized spacial score (nSPS) is 17.4. The highest BCUT2D eigenvalue weighted by atomic mass is 16.5. The van der Waals surface area contributed by atoms with Crippen LogP contribution >= 0.6 is 0 Å². The number of aliphatic hydroxyl groups is 1. The largest absolute Gasteiger partial charge is 0.389 e. The summed E-state index contributed by atoms with van der Waals surface area (Å²) in [5.74, 6) is 0. The van der Waals surface area contributed by atoms with Crippen LogP contribution in [0.2, 0.25) is 0 Å². The third-order valence-electron chi connectivity index (χ3n) is 4.94. The maximum atomic E-state index is 12.3. The van der Waals surface area contributed by atoms with Crippen molar-refractivity contribution >= 4 is 0 Å². The zero-order valence-electron chi connectivity index (χ0n) is 15.1. The van der Waals surface area contributed by atoms with Crippen molar-refractivity contribution in [1.82, 2.24) is 9.78 Å². The Morgan fingerprint density at radius 1 is 1.42 bits per heavy atom. The Kier molecular flexibility index (Phi) is 5.50. The van der Waals surface area contributed by atoms with Crippen molar-refractivity contribution in [1.29, 1.82) is 5.26 Å². The summed E-state index contributed by atoms with van der Waals surface area (Å²) in [6.07, 6.45) is 2.12. The lowest BCUT2D eigenvalue weighted by Crippen LogP contribution is -2.34. The predicted molar refractivity (Wildman–Crippen MR) is 96.8 cm³/mol. The fraction of sp³-hybridized carbons (Fsp3) is 0.450. The van der Waals surface area contributed by atoms with Gasteiger partial charge < -0.3 is 9.84 Å². The highest BCUT2D eigenvalue weighted by Gasteiger charge is 2.22. The van der Waals surface area contributed by atoms with Crippen LogP contribution in [0.4, 0.5) is 0 Å². The van der Waals surface area contributed by atoms with Crippen LogP contribution in [0, 0.1) is 25.2 Å². The van der Waals surface area contributed by atoms with Gasteiger partial charge in [0, 0.05) is 0 Å². The lowest BCUT2D eigenvalue weighted by Gasteiger charge is -2.26. The second-order valence-electron chi connectivity index (χ2n) is 6.75. The zero-order valence-corrected chi connectivity index (χ0v) is 15.1. The molecule has 0 amide bonds. The average Bonchev–Trinajstić information content (AvgIpc) is 2.65. The van der Waals surface area contributed by atoms with Crippen LogP contribution in [-0.4, -0.2) is 27.6 Å². The molecule has 0 radical (unpaired) electrons. The van der Waals surface area contributed by atoms with Crippen molar-refractivity contribution in [2.24, 2.45) is 0 Å². The number of rotatable bonds is 5. The Bertz CT molecular complexity index is 898. The number of nitrogens with zero attached hydrogens (tertiary/aromatic N) is 3. The summed E-state index contributed by atoms with van der Waals surface area (Å²) in [6, 6.07) is 10.1. The Morgan fingerprint density at radius 3 is 2.96 bits per heavy atom. The Labute approximate surface area is 152 Å².